The van der Waals surface area contributed by atoms with Gasteiger partial charge in [0.1, 0.15) is 6.26 Å². The highest BCUT2D eigenvalue weighted by Crippen LogP contribution is 2.24. The molecular formula is C9H16N2OS. The van der Waals surface area contributed by atoms with Crippen LogP contribution in [0.4, 0.5) is 0 Å². The summed E-state index contributed by atoms with van der Waals surface area (Å²) in [7, 11) is 0. The largest absolute Gasteiger partial charge is 0.440 e. The fourth-order valence-electron chi connectivity index (χ4n) is 0.965. The SMILES string of the molecule is CCC(N)C(C)Sc1nc(C)co1. The summed E-state index contributed by atoms with van der Waals surface area (Å²) in [5, 5.41) is 1.07. The smallest absolute Gasteiger partial charge is 0.256 e. The molecule has 0 fully saturated rings. The van der Waals surface area contributed by atoms with Crippen LogP contribution in [0, 0.1) is 6.92 Å². The van der Waals surface area contributed by atoms with E-state index < -0.39 is 0 Å². The molecule has 0 saturated carbocycles. The minimum absolute atomic E-state index is 0.206. The third-order valence-electron chi connectivity index (χ3n) is 1.96. The minimum Gasteiger partial charge on any atom is -0.440 e. The first-order valence-corrected chi connectivity index (χ1v) is 5.35. The first kappa shape index (κ1) is 10.6. The fourth-order valence-corrected chi connectivity index (χ4v) is 1.95. The maximum absolute atomic E-state index is 5.88. The molecular weight excluding hydrogens is 184 g/mol. The lowest BCUT2D eigenvalue weighted by molar-refractivity contribution is 0.451. The molecule has 2 N–H and O–H groups in total. The molecule has 1 aromatic heterocycles. The van der Waals surface area contributed by atoms with Crippen molar-refractivity contribution < 1.29 is 4.42 Å². The monoisotopic (exact) mass is 200 g/mol. The number of aromatic nitrogens is 1. The number of oxazole rings is 1. The Labute approximate surface area is 83.1 Å². The van der Waals surface area contributed by atoms with Gasteiger partial charge < -0.3 is 10.2 Å². The minimum atomic E-state index is 0.206. The molecule has 0 spiro atoms. The molecule has 2 atom stereocenters. The molecule has 1 rings (SSSR count). The Bertz CT molecular complexity index is 262. The molecule has 0 bridgehead atoms. The quantitative estimate of drug-likeness (QED) is 0.757. The predicted octanol–water partition coefficient (Wildman–Crippen LogP) is 2.20. The van der Waals surface area contributed by atoms with Crippen molar-refractivity contribution in [3.05, 3.63) is 12.0 Å². The average molecular weight is 200 g/mol. The maximum Gasteiger partial charge on any atom is 0.256 e. The topological polar surface area (TPSA) is 52.0 Å². The molecule has 0 radical (unpaired) electrons. The number of hydrogen-bond acceptors (Lipinski definition) is 4. The molecule has 3 nitrogen and oxygen atoms in total. The predicted molar refractivity (Wildman–Crippen MR) is 54.8 cm³/mol. The van der Waals surface area contributed by atoms with E-state index in [1.165, 1.54) is 0 Å². The average Bonchev–Trinajstić information content (AvgIpc) is 2.49. The Kier molecular flexibility index (Phi) is 3.81. The Morgan fingerprint density at radius 2 is 2.38 bits per heavy atom. The zero-order valence-electron chi connectivity index (χ0n) is 8.28. The maximum atomic E-state index is 5.88. The molecule has 0 aliphatic rings. The van der Waals surface area contributed by atoms with Gasteiger partial charge in [0, 0.05) is 11.3 Å². The van der Waals surface area contributed by atoms with E-state index in [4.69, 9.17) is 10.2 Å². The van der Waals surface area contributed by atoms with Gasteiger partial charge in [-0.1, -0.05) is 25.6 Å². The summed E-state index contributed by atoms with van der Waals surface area (Å²) in [6.07, 6.45) is 2.64. The zero-order chi connectivity index (χ0) is 9.84. The summed E-state index contributed by atoms with van der Waals surface area (Å²) in [6.45, 7) is 6.10. The number of nitrogens with zero attached hydrogens (tertiary/aromatic N) is 1. The van der Waals surface area contributed by atoms with E-state index in [1.54, 1.807) is 18.0 Å². The lowest BCUT2D eigenvalue weighted by Crippen LogP contribution is -2.29. The fraction of sp³-hybridized carbons (Fsp3) is 0.667. The summed E-state index contributed by atoms with van der Waals surface area (Å²) in [5.41, 5.74) is 6.80. The normalized spacial score (nSPS) is 15.7. The van der Waals surface area contributed by atoms with Crippen molar-refractivity contribution >= 4 is 11.8 Å². The Morgan fingerprint density at radius 3 is 2.85 bits per heavy atom. The number of nitrogens with two attached hydrogens (primary N) is 1. The Morgan fingerprint density at radius 1 is 1.69 bits per heavy atom. The van der Waals surface area contributed by atoms with Gasteiger partial charge in [-0.2, -0.15) is 0 Å². The number of hydrogen-bond donors (Lipinski definition) is 1. The van der Waals surface area contributed by atoms with E-state index in [-0.39, 0.29) is 6.04 Å². The molecule has 4 heteroatoms. The molecule has 0 aliphatic carbocycles. The summed E-state index contributed by atoms with van der Waals surface area (Å²) < 4.78 is 5.23. The highest BCUT2D eigenvalue weighted by atomic mass is 32.2. The van der Waals surface area contributed by atoms with Crippen LogP contribution in [0.15, 0.2) is 15.9 Å². The van der Waals surface area contributed by atoms with Crippen molar-refractivity contribution in [1.82, 2.24) is 4.98 Å². The molecule has 13 heavy (non-hydrogen) atoms. The van der Waals surface area contributed by atoms with Crippen molar-refractivity contribution in [3.8, 4) is 0 Å². The second kappa shape index (κ2) is 4.67. The molecule has 0 aliphatic heterocycles. The van der Waals surface area contributed by atoms with Crippen molar-refractivity contribution in [3.63, 3.8) is 0 Å². The summed E-state index contributed by atoms with van der Waals surface area (Å²) in [4.78, 5) is 4.21. The van der Waals surface area contributed by atoms with E-state index >= 15 is 0 Å². The van der Waals surface area contributed by atoms with Crippen LogP contribution in [0.3, 0.4) is 0 Å². The van der Waals surface area contributed by atoms with E-state index in [1.807, 2.05) is 6.92 Å². The molecule has 0 saturated heterocycles. The van der Waals surface area contributed by atoms with Gasteiger partial charge >= 0.3 is 0 Å². The van der Waals surface area contributed by atoms with Gasteiger partial charge in [-0.25, -0.2) is 4.98 Å². The number of thioether (sulfide) groups is 1. The van der Waals surface area contributed by atoms with Crippen LogP contribution in [-0.4, -0.2) is 16.3 Å². The Hall–Kier alpha value is -0.480. The second-order valence-electron chi connectivity index (χ2n) is 3.15. The Balaban J connectivity index is 2.49. The van der Waals surface area contributed by atoms with Gasteiger partial charge in [0.25, 0.3) is 5.22 Å². The van der Waals surface area contributed by atoms with E-state index in [0.29, 0.717) is 10.5 Å². The van der Waals surface area contributed by atoms with E-state index in [0.717, 1.165) is 12.1 Å². The summed E-state index contributed by atoms with van der Waals surface area (Å²) in [6, 6.07) is 0.206. The van der Waals surface area contributed by atoms with Gasteiger partial charge in [0.15, 0.2) is 0 Å². The third kappa shape index (κ3) is 3.04. The van der Waals surface area contributed by atoms with Crippen LogP contribution in [0.25, 0.3) is 0 Å². The van der Waals surface area contributed by atoms with Crippen LogP contribution in [0.2, 0.25) is 0 Å². The van der Waals surface area contributed by atoms with Crippen LogP contribution in [0.5, 0.6) is 0 Å². The van der Waals surface area contributed by atoms with Crippen molar-refractivity contribution in [2.45, 2.75) is 43.7 Å². The molecule has 0 amide bonds. The van der Waals surface area contributed by atoms with E-state index in [9.17, 15) is 0 Å². The van der Waals surface area contributed by atoms with Gasteiger partial charge in [-0.3, -0.25) is 0 Å². The van der Waals surface area contributed by atoms with Crippen LogP contribution in [-0.2, 0) is 0 Å². The van der Waals surface area contributed by atoms with Gasteiger partial charge in [0.2, 0.25) is 0 Å². The zero-order valence-corrected chi connectivity index (χ0v) is 9.10. The lowest BCUT2D eigenvalue weighted by atomic mass is 10.2. The third-order valence-corrected chi connectivity index (χ3v) is 3.07. The lowest BCUT2D eigenvalue weighted by Gasteiger charge is -2.15. The van der Waals surface area contributed by atoms with E-state index in [2.05, 4.69) is 18.8 Å². The summed E-state index contributed by atoms with van der Waals surface area (Å²) in [5.74, 6) is 0. The first-order chi connectivity index (χ1) is 6.13. The molecule has 1 heterocycles. The van der Waals surface area contributed by atoms with Gasteiger partial charge in [-0.05, 0) is 13.3 Å². The highest BCUT2D eigenvalue weighted by Gasteiger charge is 2.14. The van der Waals surface area contributed by atoms with Gasteiger partial charge in [-0.15, -0.1) is 0 Å². The molecule has 2 unspecified atom stereocenters. The highest BCUT2D eigenvalue weighted by molar-refractivity contribution is 7.99. The van der Waals surface area contributed by atoms with Gasteiger partial charge in [0.05, 0.1) is 5.69 Å². The van der Waals surface area contributed by atoms with Crippen molar-refractivity contribution in [1.29, 1.82) is 0 Å². The van der Waals surface area contributed by atoms with Crippen LogP contribution in [0.1, 0.15) is 26.0 Å². The van der Waals surface area contributed by atoms with Crippen LogP contribution >= 0.6 is 11.8 Å². The molecule has 0 aromatic carbocycles. The van der Waals surface area contributed by atoms with Crippen molar-refractivity contribution in [2.75, 3.05) is 0 Å². The number of aryl methyl sites for hydroxylation is 1. The standard InChI is InChI=1S/C9H16N2OS/c1-4-8(10)7(3)13-9-11-6(2)5-12-9/h5,7-8H,4,10H2,1-3H3. The molecule has 1 aromatic rings. The van der Waals surface area contributed by atoms with Crippen molar-refractivity contribution in [2.24, 2.45) is 5.73 Å². The second-order valence-corrected chi connectivity index (χ2v) is 4.48. The van der Waals surface area contributed by atoms with Crippen LogP contribution < -0.4 is 5.73 Å². The first-order valence-electron chi connectivity index (χ1n) is 4.47. The summed E-state index contributed by atoms with van der Waals surface area (Å²) >= 11 is 1.59. The molecule has 74 valence electrons. The number of rotatable bonds is 4.